The molecule has 1 aliphatic rings. The molecule has 0 spiro atoms. The zero-order chi connectivity index (χ0) is 18.1. The van der Waals surface area contributed by atoms with E-state index in [0.29, 0.717) is 28.1 Å². The zero-order valence-corrected chi connectivity index (χ0v) is 15.5. The summed E-state index contributed by atoms with van der Waals surface area (Å²) in [6, 6.07) is 12.4. The van der Waals surface area contributed by atoms with Crippen LogP contribution in [0, 0.1) is 0 Å². The highest BCUT2D eigenvalue weighted by Gasteiger charge is 2.15. The molecule has 0 unspecified atom stereocenters. The quantitative estimate of drug-likeness (QED) is 0.383. The van der Waals surface area contributed by atoms with Gasteiger partial charge in [0.05, 0.1) is 11.7 Å². The molecule has 0 radical (unpaired) electrons. The Kier molecular flexibility index (Phi) is 4.48. The van der Waals surface area contributed by atoms with E-state index in [1.54, 1.807) is 30.3 Å². The van der Waals surface area contributed by atoms with Crippen LogP contribution in [0.4, 0.5) is 0 Å². The second-order valence-electron chi connectivity index (χ2n) is 5.47. The molecular weight excluding hydrogens is 422 g/mol. The number of ether oxygens (including phenoxy) is 2. The Labute approximate surface area is 161 Å². The normalized spacial score (nSPS) is 12.7. The van der Waals surface area contributed by atoms with Crippen molar-refractivity contribution in [2.75, 3.05) is 6.79 Å². The highest BCUT2D eigenvalue weighted by atomic mass is 79.9. The minimum Gasteiger partial charge on any atom is -0.454 e. The average molecular weight is 433 g/mol. The minimum absolute atomic E-state index is 0.190. The van der Waals surface area contributed by atoms with E-state index in [4.69, 9.17) is 21.1 Å². The van der Waals surface area contributed by atoms with E-state index in [1.165, 1.54) is 6.21 Å². The molecule has 2 heterocycles. The number of hydrazone groups is 1. The van der Waals surface area contributed by atoms with Gasteiger partial charge in [0, 0.05) is 27.1 Å². The first kappa shape index (κ1) is 16.8. The Hall–Kier alpha value is -2.64. The van der Waals surface area contributed by atoms with E-state index in [-0.39, 0.29) is 17.9 Å². The van der Waals surface area contributed by atoms with Gasteiger partial charge in [-0.1, -0.05) is 27.5 Å². The predicted octanol–water partition coefficient (Wildman–Crippen LogP) is 4.14. The SMILES string of the molecule is O=C(N/N=C/c1cc2cc3c(cc2nc1Cl)OCO3)c1ccc(Br)cc1. The second kappa shape index (κ2) is 6.93. The Bertz CT molecular complexity index is 1040. The number of carbonyl (C=O) groups is 1. The lowest BCUT2D eigenvalue weighted by Crippen LogP contribution is -2.17. The highest BCUT2D eigenvalue weighted by Crippen LogP contribution is 2.36. The number of carbonyl (C=O) groups excluding carboxylic acids is 1. The molecule has 0 aliphatic carbocycles. The van der Waals surface area contributed by atoms with Gasteiger partial charge in [0.15, 0.2) is 11.5 Å². The van der Waals surface area contributed by atoms with Crippen LogP contribution >= 0.6 is 27.5 Å². The lowest BCUT2D eigenvalue weighted by Gasteiger charge is -2.04. The fourth-order valence-electron chi connectivity index (χ4n) is 2.47. The number of nitrogens with zero attached hydrogens (tertiary/aromatic N) is 2. The average Bonchev–Trinajstić information content (AvgIpc) is 3.08. The summed E-state index contributed by atoms with van der Waals surface area (Å²) in [6.45, 7) is 0.190. The monoisotopic (exact) mass is 431 g/mol. The van der Waals surface area contributed by atoms with Crippen molar-refractivity contribution >= 4 is 50.6 Å². The van der Waals surface area contributed by atoms with Gasteiger partial charge in [0.25, 0.3) is 5.91 Å². The van der Waals surface area contributed by atoms with Crippen molar-refractivity contribution in [3.8, 4) is 11.5 Å². The molecule has 3 aromatic rings. The van der Waals surface area contributed by atoms with Crippen LogP contribution < -0.4 is 14.9 Å². The Morgan fingerprint density at radius 2 is 1.92 bits per heavy atom. The van der Waals surface area contributed by atoms with Gasteiger partial charge in [-0.2, -0.15) is 5.10 Å². The van der Waals surface area contributed by atoms with Crippen LogP contribution in [0.2, 0.25) is 5.15 Å². The van der Waals surface area contributed by atoms with Gasteiger partial charge in [-0.05, 0) is 36.4 Å². The van der Waals surface area contributed by atoms with Crippen LogP contribution in [-0.2, 0) is 0 Å². The molecule has 1 aliphatic heterocycles. The summed E-state index contributed by atoms with van der Waals surface area (Å²) in [6.07, 6.45) is 1.45. The van der Waals surface area contributed by atoms with E-state index in [1.807, 2.05) is 12.1 Å². The van der Waals surface area contributed by atoms with Crippen molar-refractivity contribution in [3.05, 3.63) is 63.2 Å². The first-order valence-electron chi connectivity index (χ1n) is 7.59. The molecule has 0 fully saturated rings. The number of hydrogen-bond donors (Lipinski definition) is 1. The maximum atomic E-state index is 12.1. The molecule has 8 heteroatoms. The smallest absolute Gasteiger partial charge is 0.271 e. The molecule has 130 valence electrons. The van der Waals surface area contributed by atoms with Gasteiger partial charge in [0.2, 0.25) is 6.79 Å². The molecule has 0 saturated carbocycles. The number of rotatable bonds is 3. The number of pyridine rings is 1. The summed E-state index contributed by atoms with van der Waals surface area (Å²) in [5.74, 6) is 0.985. The van der Waals surface area contributed by atoms with Gasteiger partial charge in [0.1, 0.15) is 5.15 Å². The van der Waals surface area contributed by atoms with Crippen molar-refractivity contribution in [1.29, 1.82) is 0 Å². The number of aromatic nitrogens is 1. The molecule has 0 bridgehead atoms. The minimum atomic E-state index is -0.318. The second-order valence-corrected chi connectivity index (χ2v) is 6.75. The van der Waals surface area contributed by atoms with Gasteiger partial charge >= 0.3 is 0 Å². The molecule has 0 atom stereocenters. The molecular formula is C18H11BrClN3O3. The molecule has 4 rings (SSSR count). The Morgan fingerprint density at radius 1 is 1.19 bits per heavy atom. The number of hydrogen-bond acceptors (Lipinski definition) is 5. The topological polar surface area (TPSA) is 72.8 Å². The summed E-state index contributed by atoms with van der Waals surface area (Å²) in [5.41, 5.74) is 4.24. The predicted molar refractivity (Wildman–Crippen MR) is 102 cm³/mol. The third-order valence-electron chi connectivity index (χ3n) is 3.77. The van der Waals surface area contributed by atoms with Crippen molar-refractivity contribution in [3.63, 3.8) is 0 Å². The fourth-order valence-corrected chi connectivity index (χ4v) is 2.93. The third kappa shape index (κ3) is 3.36. The van der Waals surface area contributed by atoms with E-state index in [0.717, 1.165) is 9.86 Å². The standard InChI is InChI=1S/C18H11BrClN3O3/c19-13-3-1-10(2-4-13)18(24)23-21-8-12-5-11-6-15-16(26-9-25-15)7-14(11)22-17(12)20/h1-8H,9H2,(H,23,24)/b21-8+. The van der Waals surface area contributed by atoms with E-state index >= 15 is 0 Å². The van der Waals surface area contributed by atoms with Crippen molar-refractivity contribution in [1.82, 2.24) is 10.4 Å². The van der Waals surface area contributed by atoms with E-state index < -0.39 is 0 Å². The number of benzene rings is 2. The van der Waals surface area contributed by atoms with E-state index in [2.05, 4.69) is 31.4 Å². The molecule has 2 aromatic carbocycles. The van der Waals surface area contributed by atoms with Gasteiger partial charge in [-0.25, -0.2) is 10.4 Å². The van der Waals surface area contributed by atoms with Crippen LogP contribution in [0.25, 0.3) is 10.9 Å². The summed E-state index contributed by atoms with van der Waals surface area (Å²) in [7, 11) is 0. The van der Waals surface area contributed by atoms with E-state index in [9.17, 15) is 4.79 Å². The number of halogens is 2. The Balaban J connectivity index is 1.55. The largest absolute Gasteiger partial charge is 0.454 e. The Morgan fingerprint density at radius 3 is 2.69 bits per heavy atom. The van der Waals surface area contributed by atoms with Crippen LogP contribution in [0.5, 0.6) is 11.5 Å². The molecule has 26 heavy (non-hydrogen) atoms. The van der Waals surface area contributed by atoms with Crippen molar-refractivity contribution in [2.45, 2.75) is 0 Å². The van der Waals surface area contributed by atoms with Crippen molar-refractivity contribution < 1.29 is 14.3 Å². The van der Waals surface area contributed by atoms with Crippen LogP contribution in [0.3, 0.4) is 0 Å². The molecule has 1 aromatic heterocycles. The molecule has 1 N–H and O–H groups in total. The first-order chi connectivity index (χ1) is 12.6. The lowest BCUT2D eigenvalue weighted by molar-refractivity contribution is 0.0955. The first-order valence-corrected chi connectivity index (χ1v) is 8.76. The summed E-state index contributed by atoms with van der Waals surface area (Å²) < 4.78 is 11.6. The summed E-state index contributed by atoms with van der Waals surface area (Å²) in [4.78, 5) is 16.4. The fraction of sp³-hybridized carbons (Fsp3) is 0.0556. The molecule has 0 saturated heterocycles. The zero-order valence-electron chi connectivity index (χ0n) is 13.2. The molecule has 6 nitrogen and oxygen atoms in total. The van der Waals surface area contributed by atoms with Crippen LogP contribution in [-0.4, -0.2) is 23.9 Å². The van der Waals surface area contributed by atoms with Crippen molar-refractivity contribution in [2.24, 2.45) is 5.10 Å². The summed E-state index contributed by atoms with van der Waals surface area (Å²) in [5, 5.41) is 5.07. The van der Waals surface area contributed by atoms with Crippen LogP contribution in [0.15, 0.2) is 52.0 Å². The van der Waals surface area contributed by atoms with Gasteiger partial charge in [-0.3, -0.25) is 4.79 Å². The maximum Gasteiger partial charge on any atom is 0.271 e. The number of fused-ring (bicyclic) bond motifs is 2. The highest BCUT2D eigenvalue weighted by molar-refractivity contribution is 9.10. The maximum absolute atomic E-state index is 12.1. The summed E-state index contributed by atoms with van der Waals surface area (Å²) >= 11 is 9.54. The molecule has 1 amide bonds. The van der Waals surface area contributed by atoms with Crippen LogP contribution in [0.1, 0.15) is 15.9 Å². The number of amides is 1. The van der Waals surface area contributed by atoms with Gasteiger partial charge in [-0.15, -0.1) is 0 Å². The van der Waals surface area contributed by atoms with Gasteiger partial charge < -0.3 is 9.47 Å². The number of nitrogens with one attached hydrogen (secondary N) is 1. The lowest BCUT2D eigenvalue weighted by atomic mass is 10.1. The third-order valence-corrected chi connectivity index (χ3v) is 4.60.